The molecular weight excluding hydrogens is 1450 g/mol. The quantitative estimate of drug-likeness (QED) is 0.0464. The number of hydrogen-bond donors (Lipinski definition) is 22. The molecule has 3 aliphatic rings. The first kappa shape index (κ1) is 89.0. The van der Waals surface area contributed by atoms with Crippen LogP contribution in [0.25, 0.3) is 21.8 Å². The van der Waals surface area contributed by atoms with Crippen LogP contribution in [0.5, 0.6) is 0 Å². The number of unbranched alkanes of at least 4 members (excludes halogenated alkanes) is 1. The molecule has 0 saturated carbocycles. The second kappa shape index (κ2) is 40.3. The Balaban J connectivity index is 1.25. The molecule has 112 heavy (non-hydrogen) atoms. The smallest absolute Gasteiger partial charge is 0.247 e. The Morgan fingerprint density at radius 2 is 0.723 bits per heavy atom. The molecule has 3 fully saturated rings. The maximum atomic E-state index is 14.9. The number of aliphatic hydroxyl groups is 1. The van der Waals surface area contributed by atoms with Crippen LogP contribution < -0.4 is 104 Å². The molecule has 38 heteroatoms. The zero-order valence-electron chi connectivity index (χ0n) is 65.1. The minimum Gasteiger partial charge on any atom is -0.391 e. The van der Waals surface area contributed by atoms with Crippen molar-refractivity contribution < 1.29 is 72.2 Å². The molecule has 29 N–H and O–H groups in total. The van der Waals surface area contributed by atoms with Crippen molar-refractivity contribution in [2.75, 3.05) is 19.6 Å². The number of benzene rings is 2. The average molecular weight is 1570 g/mol. The van der Waals surface area contributed by atoms with E-state index in [2.05, 4.69) is 73.8 Å². The summed E-state index contributed by atoms with van der Waals surface area (Å²) < 4.78 is 0. The van der Waals surface area contributed by atoms with Gasteiger partial charge in [0.2, 0.25) is 82.7 Å². The third-order valence-corrected chi connectivity index (χ3v) is 20.4. The second-order valence-electron chi connectivity index (χ2n) is 30.2. The zero-order valence-corrected chi connectivity index (χ0v) is 65.1. The number of aliphatic hydroxyl groups excluding tert-OH is 1. The molecule has 2 aromatic heterocycles. The van der Waals surface area contributed by atoms with E-state index in [1.807, 2.05) is 0 Å². The molecule has 0 radical (unpaired) electrons. The van der Waals surface area contributed by atoms with E-state index in [-0.39, 0.29) is 58.2 Å². The Labute approximate surface area is 649 Å². The lowest BCUT2D eigenvalue weighted by atomic mass is 9.99. The average Bonchev–Trinajstić information content (AvgIpc) is 1.63. The van der Waals surface area contributed by atoms with Gasteiger partial charge in [0.15, 0.2) is 0 Å². The number of nitrogens with zero attached hydrogens (tertiary/aromatic N) is 2. The van der Waals surface area contributed by atoms with Gasteiger partial charge in [-0.25, -0.2) is 0 Å². The van der Waals surface area contributed by atoms with E-state index >= 15 is 0 Å². The van der Waals surface area contributed by atoms with E-state index in [9.17, 15) is 72.2 Å². The van der Waals surface area contributed by atoms with Gasteiger partial charge in [0.25, 0.3) is 0 Å². The first-order valence-electron chi connectivity index (χ1n) is 38.1. The van der Waals surface area contributed by atoms with Crippen molar-refractivity contribution in [3.05, 3.63) is 72.1 Å². The summed E-state index contributed by atoms with van der Waals surface area (Å²) in [5.74, 6) is -13.9. The molecule has 3 aliphatic heterocycles. The standard InChI is InChI=1S/C74H115N23O15/c1-33(2)53-66(104)91-55(35(4)77)68(106)85-48(23-15-16-26-75)62(100)89-57(37(6)79)70(108)93-56(36(5)78)69(107)86-50(30-43-32-83-47-22-14-12-20-45(43)47)64(102)90-58(38(7)80)71(109)92-54(34(3)76)67(105)84-40(9)61(99)94-59(39(8)81)74(112)97-28-18-25-52(97)73(111)96-27-17-24-51(96)65(103)95-60(41(10)98)72(110)87-49(63(101)88-53)29-42-31-82-46-21-13-11-19-44(42)46/h11-14,19-22,31-41,48-60,82-83,98H,15-18,23-30,75-81H2,1-10H3,(H,84,105)(H,85,106)(H,86,107)(H,87,110)(H,88,101)(H,89,100)(H,90,102)(H,91,104)(H,92,109)(H,93,108)(H,94,99)(H,95,103)/t34?,35?,36?,37?,38?,39?,40-,41+,48-,49-,50-,51-,52+,53-,54-,55-,56-,57-,58-,59-,60-/m0/s1. The Morgan fingerprint density at radius 1 is 0.384 bits per heavy atom. The first-order chi connectivity index (χ1) is 52.8. The van der Waals surface area contributed by atoms with E-state index in [1.54, 1.807) is 74.8 Å². The van der Waals surface area contributed by atoms with Crippen LogP contribution in [-0.4, -0.2) is 254 Å². The van der Waals surface area contributed by atoms with Gasteiger partial charge in [0, 0.05) is 96.4 Å². The van der Waals surface area contributed by atoms with Crippen LogP contribution >= 0.6 is 0 Å². The summed E-state index contributed by atoms with van der Waals surface area (Å²) in [6.45, 7) is 14.3. The number of fused-ring (bicyclic) bond motifs is 4. The predicted molar refractivity (Wildman–Crippen MR) is 414 cm³/mol. The SMILES string of the molecule is CC(C)[C@@H]1NC(=O)[C@H](Cc2c[nH]c3ccccc23)NC(=O)[C@H]([C@@H](C)O)NC(=O)[C@@H]2CCCN2C(=O)[C@H]2CCCN2C(=O)[C@H](C(C)N)NC(=O)[C@H](C)NC(=O)[C@H](C(C)N)NC(=O)[C@H](C(C)N)NC(=O)[C@H](Cc2c[nH]c3ccccc23)NC(=O)[C@H](C(C)N)NC(=O)[C@H](C(C)N)NC(=O)[C@H](CCCCN)NC(=O)[C@H](C(C)N)NC1=O. The minimum atomic E-state index is -1.77. The van der Waals surface area contributed by atoms with Gasteiger partial charge < -0.3 is 129 Å². The van der Waals surface area contributed by atoms with E-state index in [0.717, 1.165) is 0 Å². The zero-order chi connectivity index (χ0) is 82.9. The molecule has 5 heterocycles. The summed E-state index contributed by atoms with van der Waals surface area (Å²) in [5.41, 5.74) is 46.6. The molecule has 6 unspecified atom stereocenters. The summed E-state index contributed by atoms with van der Waals surface area (Å²) in [4.78, 5) is 213. The number of rotatable bonds is 16. The van der Waals surface area contributed by atoms with Gasteiger partial charge in [-0.05, 0) is 136 Å². The Bertz CT molecular complexity index is 4030. The minimum absolute atomic E-state index is 0.0229. The van der Waals surface area contributed by atoms with Crippen LogP contribution in [-0.2, 0) is 80.0 Å². The van der Waals surface area contributed by atoms with Crippen molar-refractivity contribution in [3.63, 3.8) is 0 Å². The molecule has 21 atom stereocenters. The molecule has 0 bridgehead atoms. The molecule has 616 valence electrons. The number of carbonyl (C=O) groups is 14. The topological polar surface area (TPSA) is 624 Å². The molecule has 0 aliphatic carbocycles. The van der Waals surface area contributed by atoms with Crippen molar-refractivity contribution in [1.82, 2.24) is 83.6 Å². The fourth-order valence-electron chi connectivity index (χ4n) is 13.9. The van der Waals surface area contributed by atoms with E-state index in [4.69, 9.17) is 40.1 Å². The summed E-state index contributed by atoms with van der Waals surface area (Å²) in [5, 5.41) is 43.7. The maximum Gasteiger partial charge on any atom is 0.247 e. The van der Waals surface area contributed by atoms with Gasteiger partial charge >= 0.3 is 0 Å². The normalized spacial score (nSPS) is 28.5. The van der Waals surface area contributed by atoms with Crippen molar-refractivity contribution in [3.8, 4) is 0 Å². The fraction of sp³-hybridized carbons (Fsp3) is 0.595. The van der Waals surface area contributed by atoms with Crippen molar-refractivity contribution in [1.29, 1.82) is 0 Å². The van der Waals surface area contributed by atoms with Crippen molar-refractivity contribution in [2.24, 2.45) is 46.1 Å². The Hall–Kier alpha value is -10.2. The van der Waals surface area contributed by atoms with Gasteiger partial charge in [-0.15, -0.1) is 0 Å². The van der Waals surface area contributed by atoms with Crippen molar-refractivity contribution >= 4 is 105 Å². The molecule has 38 nitrogen and oxygen atoms in total. The lowest BCUT2D eigenvalue weighted by Crippen LogP contribution is -2.66. The van der Waals surface area contributed by atoms with Gasteiger partial charge in [0.1, 0.15) is 84.6 Å². The molecule has 7 rings (SSSR count). The van der Waals surface area contributed by atoms with Gasteiger partial charge in [0.05, 0.1) is 6.10 Å². The summed E-state index contributed by atoms with van der Waals surface area (Å²) >= 11 is 0. The lowest BCUT2D eigenvalue weighted by molar-refractivity contribution is -0.148. The maximum absolute atomic E-state index is 14.9. The lowest BCUT2D eigenvalue weighted by Gasteiger charge is -2.34. The fourth-order valence-corrected chi connectivity index (χ4v) is 13.9. The van der Waals surface area contributed by atoms with Crippen LogP contribution in [0.2, 0.25) is 0 Å². The summed E-state index contributed by atoms with van der Waals surface area (Å²) in [6.07, 6.45) is 2.42. The summed E-state index contributed by atoms with van der Waals surface area (Å²) in [7, 11) is 0. The molecule has 2 aromatic carbocycles. The largest absolute Gasteiger partial charge is 0.391 e. The third kappa shape index (κ3) is 22.8. The molecular formula is C74H115N23O15. The number of nitrogens with two attached hydrogens (primary N) is 7. The van der Waals surface area contributed by atoms with Crippen LogP contribution in [0.15, 0.2) is 60.9 Å². The highest BCUT2D eigenvalue weighted by Crippen LogP contribution is 2.28. The highest BCUT2D eigenvalue weighted by atomic mass is 16.3. The number of aromatic amines is 2. The second-order valence-corrected chi connectivity index (χ2v) is 30.2. The third-order valence-electron chi connectivity index (χ3n) is 20.4. The van der Waals surface area contributed by atoms with E-state index < -0.39 is 216 Å². The first-order valence-corrected chi connectivity index (χ1v) is 38.1. The molecule has 3 saturated heterocycles. The van der Waals surface area contributed by atoms with E-state index in [1.165, 1.54) is 65.2 Å². The van der Waals surface area contributed by atoms with Gasteiger partial charge in [-0.2, -0.15) is 0 Å². The predicted octanol–water partition coefficient (Wildman–Crippen LogP) is -6.48. The van der Waals surface area contributed by atoms with Gasteiger partial charge in [-0.3, -0.25) is 67.1 Å². The number of hydrogen-bond acceptors (Lipinski definition) is 22. The number of nitrogens with one attached hydrogen (secondary N) is 14. The van der Waals surface area contributed by atoms with E-state index in [0.29, 0.717) is 52.2 Å². The molecule has 4 aromatic rings. The van der Waals surface area contributed by atoms with Crippen molar-refractivity contribution in [2.45, 2.75) is 254 Å². The van der Waals surface area contributed by atoms with Crippen LogP contribution in [0.1, 0.15) is 125 Å². The number of para-hydroxylation sites is 2. The van der Waals surface area contributed by atoms with Gasteiger partial charge in [-0.1, -0.05) is 50.2 Å². The Kier molecular flexibility index (Phi) is 32.0. The number of H-pyrrole nitrogens is 2. The highest BCUT2D eigenvalue weighted by molar-refractivity contribution is 6.02. The number of aromatic nitrogens is 2. The Morgan fingerprint density at radius 3 is 1.14 bits per heavy atom. The molecule has 14 amide bonds. The highest BCUT2D eigenvalue weighted by Gasteiger charge is 2.47. The number of amides is 14. The monoisotopic (exact) mass is 1570 g/mol. The van der Waals surface area contributed by atoms with Crippen LogP contribution in [0, 0.1) is 5.92 Å². The molecule has 0 spiro atoms. The number of carbonyl (C=O) groups excluding carboxylic acids is 14. The van der Waals surface area contributed by atoms with Crippen LogP contribution in [0.3, 0.4) is 0 Å². The van der Waals surface area contributed by atoms with Crippen LogP contribution in [0.4, 0.5) is 0 Å². The summed E-state index contributed by atoms with van der Waals surface area (Å²) in [6, 6.07) is -14.5.